The highest BCUT2D eigenvalue weighted by Gasteiger charge is 2.40. The van der Waals surface area contributed by atoms with E-state index in [1.807, 2.05) is 41.3 Å². The quantitative estimate of drug-likeness (QED) is 0.457. The Labute approximate surface area is 184 Å². The lowest BCUT2D eigenvalue weighted by molar-refractivity contribution is 0.0816. The Balaban J connectivity index is 1.22. The van der Waals surface area contributed by atoms with E-state index in [-0.39, 0.29) is 18.2 Å². The first-order chi connectivity index (χ1) is 15.3. The molecule has 2 aliphatic rings. The molecule has 3 aromatic carbocycles. The van der Waals surface area contributed by atoms with Crippen molar-refractivity contribution >= 4 is 6.09 Å². The monoisotopic (exact) mass is 409 g/mol. The zero-order chi connectivity index (χ0) is 21.0. The molecule has 0 N–H and O–H groups in total. The molecule has 156 valence electrons. The van der Waals surface area contributed by atoms with Crippen LogP contribution in [0.15, 0.2) is 96.6 Å². The Hall–Kier alpha value is -3.33. The van der Waals surface area contributed by atoms with E-state index in [0.29, 0.717) is 6.61 Å². The summed E-state index contributed by atoms with van der Waals surface area (Å²) in [4.78, 5) is 14.7. The van der Waals surface area contributed by atoms with Gasteiger partial charge in [0.05, 0.1) is 6.04 Å². The minimum absolute atomic E-state index is 0.167. The number of ether oxygens (including phenoxy) is 1. The summed E-state index contributed by atoms with van der Waals surface area (Å²) in [5.74, 6) is 0. The van der Waals surface area contributed by atoms with Gasteiger partial charge in [0.1, 0.15) is 6.61 Å². The van der Waals surface area contributed by atoms with Gasteiger partial charge in [-0.15, -0.1) is 0 Å². The summed E-state index contributed by atoms with van der Waals surface area (Å²) in [6.07, 6.45) is 6.10. The van der Waals surface area contributed by atoms with Crippen molar-refractivity contribution in [2.24, 2.45) is 0 Å². The smallest absolute Gasteiger partial charge is 0.410 e. The van der Waals surface area contributed by atoms with Gasteiger partial charge in [0.25, 0.3) is 0 Å². The summed E-state index contributed by atoms with van der Waals surface area (Å²) < 4.78 is 5.61. The highest BCUT2D eigenvalue weighted by molar-refractivity contribution is 5.70. The predicted molar refractivity (Wildman–Crippen MR) is 124 cm³/mol. The fourth-order valence-corrected chi connectivity index (χ4v) is 4.84. The van der Waals surface area contributed by atoms with E-state index in [2.05, 4.69) is 54.6 Å². The van der Waals surface area contributed by atoms with E-state index < -0.39 is 0 Å². The fraction of sp³-hybridized carbons (Fsp3) is 0.250. The largest absolute Gasteiger partial charge is 0.445 e. The maximum atomic E-state index is 12.7. The van der Waals surface area contributed by atoms with E-state index in [1.54, 1.807) is 0 Å². The number of carbonyl (C=O) groups is 1. The highest BCUT2D eigenvalue weighted by atomic mass is 16.6. The average Bonchev–Trinajstić information content (AvgIpc) is 3.10. The highest BCUT2D eigenvalue weighted by Crippen LogP contribution is 2.36. The molecule has 31 heavy (non-hydrogen) atoms. The summed E-state index contributed by atoms with van der Waals surface area (Å²) in [6, 6.07) is 29.6. The third-order valence-electron chi connectivity index (χ3n) is 6.38. The van der Waals surface area contributed by atoms with Gasteiger partial charge in [0.2, 0.25) is 0 Å². The third kappa shape index (κ3) is 4.41. The topological polar surface area (TPSA) is 29.5 Å². The molecule has 0 aliphatic carbocycles. The number of carbonyl (C=O) groups excluding carboxylic acids is 1. The normalized spacial score (nSPS) is 19.7. The molecule has 2 heterocycles. The molecule has 2 unspecified atom stereocenters. The van der Waals surface area contributed by atoms with E-state index in [1.165, 1.54) is 22.3 Å². The molecule has 1 amide bonds. The maximum Gasteiger partial charge on any atom is 0.410 e. The van der Waals surface area contributed by atoms with Gasteiger partial charge < -0.3 is 4.74 Å². The Morgan fingerprint density at radius 3 is 2.19 bits per heavy atom. The van der Waals surface area contributed by atoms with E-state index >= 15 is 0 Å². The Morgan fingerprint density at radius 1 is 0.806 bits per heavy atom. The van der Waals surface area contributed by atoms with Crippen molar-refractivity contribution in [3.05, 3.63) is 108 Å². The third-order valence-corrected chi connectivity index (χ3v) is 6.38. The molecule has 1 saturated heterocycles. The van der Waals surface area contributed by atoms with Crippen molar-refractivity contribution in [3.8, 4) is 11.1 Å². The van der Waals surface area contributed by atoms with E-state index in [9.17, 15) is 4.79 Å². The SMILES string of the molecule is O=C(OCc1ccccc1)N1C2C=C(Cc3ccc(-c4ccccc4)cc3)CC1CC2. The van der Waals surface area contributed by atoms with Crippen LogP contribution in [0.2, 0.25) is 0 Å². The van der Waals surface area contributed by atoms with Crippen LogP contribution in [0.25, 0.3) is 11.1 Å². The van der Waals surface area contributed by atoms with Crippen molar-refractivity contribution in [2.45, 2.75) is 44.4 Å². The standard InChI is InChI=1S/C28H27NO2/c30-28(31-20-22-7-3-1-4-8-22)29-26-15-16-27(29)19-23(18-26)17-21-11-13-25(14-12-21)24-9-5-2-6-10-24/h1-14,18,26-27H,15-17,19-20H2. The van der Waals surface area contributed by atoms with Crippen LogP contribution in [0, 0.1) is 0 Å². The number of hydrogen-bond acceptors (Lipinski definition) is 2. The Morgan fingerprint density at radius 2 is 1.48 bits per heavy atom. The molecule has 0 saturated carbocycles. The minimum atomic E-state index is -0.182. The maximum absolute atomic E-state index is 12.7. The van der Waals surface area contributed by atoms with Crippen molar-refractivity contribution in [1.29, 1.82) is 0 Å². The van der Waals surface area contributed by atoms with Gasteiger partial charge >= 0.3 is 6.09 Å². The first kappa shape index (κ1) is 19.6. The van der Waals surface area contributed by atoms with Crippen molar-refractivity contribution in [2.75, 3.05) is 0 Å². The van der Waals surface area contributed by atoms with Crippen LogP contribution in [0.3, 0.4) is 0 Å². The number of hydrogen-bond donors (Lipinski definition) is 0. The molecule has 3 nitrogen and oxygen atoms in total. The second kappa shape index (κ2) is 8.81. The second-order valence-corrected chi connectivity index (χ2v) is 8.51. The molecule has 2 aliphatic heterocycles. The summed E-state index contributed by atoms with van der Waals surface area (Å²) in [5.41, 5.74) is 6.27. The molecule has 3 heteroatoms. The van der Waals surface area contributed by atoms with Gasteiger partial charge in [-0.1, -0.05) is 96.6 Å². The second-order valence-electron chi connectivity index (χ2n) is 8.51. The summed E-state index contributed by atoms with van der Waals surface area (Å²) >= 11 is 0. The molecule has 0 aromatic heterocycles. The van der Waals surface area contributed by atoms with Crippen molar-refractivity contribution < 1.29 is 9.53 Å². The number of amides is 1. The number of nitrogens with zero attached hydrogens (tertiary/aromatic N) is 1. The lowest BCUT2D eigenvalue weighted by Gasteiger charge is -2.33. The van der Waals surface area contributed by atoms with Gasteiger partial charge in [-0.2, -0.15) is 0 Å². The zero-order valence-electron chi connectivity index (χ0n) is 17.6. The van der Waals surface area contributed by atoms with Crippen molar-refractivity contribution in [3.63, 3.8) is 0 Å². The molecule has 2 atom stereocenters. The molecule has 0 spiro atoms. The first-order valence-electron chi connectivity index (χ1n) is 11.1. The first-order valence-corrected chi connectivity index (χ1v) is 11.1. The fourth-order valence-electron chi connectivity index (χ4n) is 4.84. The molecule has 0 radical (unpaired) electrons. The summed E-state index contributed by atoms with van der Waals surface area (Å²) in [7, 11) is 0. The van der Waals surface area contributed by atoms with Crippen molar-refractivity contribution in [1.82, 2.24) is 4.90 Å². The molecule has 2 bridgehead atoms. The van der Waals surface area contributed by atoms with Gasteiger partial charge in [-0.05, 0) is 47.9 Å². The van der Waals surface area contributed by atoms with Gasteiger partial charge in [0.15, 0.2) is 0 Å². The number of rotatable bonds is 5. The van der Waals surface area contributed by atoms with Crippen LogP contribution in [0.5, 0.6) is 0 Å². The molecule has 1 fully saturated rings. The minimum Gasteiger partial charge on any atom is -0.445 e. The number of fused-ring (bicyclic) bond motifs is 2. The lowest BCUT2D eigenvalue weighted by Crippen LogP contribution is -2.43. The molecule has 5 rings (SSSR count). The summed E-state index contributed by atoms with van der Waals surface area (Å²) in [5, 5.41) is 0. The average molecular weight is 410 g/mol. The van der Waals surface area contributed by atoms with Crippen LogP contribution < -0.4 is 0 Å². The van der Waals surface area contributed by atoms with Crippen LogP contribution in [-0.4, -0.2) is 23.1 Å². The van der Waals surface area contributed by atoms with Gasteiger partial charge in [-0.3, -0.25) is 4.90 Å². The van der Waals surface area contributed by atoms with Crippen LogP contribution >= 0.6 is 0 Å². The molecule has 3 aromatic rings. The molecular weight excluding hydrogens is 382 g/mol. The zero-order valence-corrected chi connectivity index (χ0v) is 17.6. The number of benzene rings is 3. The van der Waals surface area contributed by atoms with Crippen LogP contribution in [0.4, 0.5) is 4.79 Å². The predicted octanol–water partition coefficient (Wildman–Crippen LogP) is 6.40. The van der Waals surface area contributed by atoms with E-state index in [0.717, 1.165) is 31.2 Å². The van der Waals surface area contributed by atoms with Crippen LogP contribution in [0.1, 0.15) is 30.4 Å². The van der Waals surface area contributed by atoms with Crippen LogP contribution in [-0.2, 0) is 17.8 Å². The lowest BCUT2D eigenvalue weighted by atomic mass is 9.94. The summed E-state index contributed by atoms with van der Waals surface area (Å²) in [6.45, 7) is 0.333. The Kier molecular flexibility index (Phi) is 5.57. The molecular formula is C28H27NO2. The van der Waals surface area contributed by atoms with Gasteiger partial charge in [0, 0.05) is 6.04 Å². The van der Waals surface area contributed by atoms with E-state index in [4.69, 9.17) is 4.74 Å². The Bertz CT molecular complexity index is 1060. The van der Waals surface area contributed by atoms with Gasteiger partial charge in [-0.25, -0.2) is 4.79 Å².